The van der Waals surface area contributed by atoms with Crippen molar-refractivity contribution in [3.63, 3.8) is 0 Å². The van der Waals surface area contributed by atoms with E-state index in [1.165, 1.54) is 0 Å². The van der Waals surface area contributed by atoms with Gasteiger partial charge in [0, 0.05) is 12.1 Å². The van der Waals surface area contributed by atoms with Crippen LogP contribution in [0.15, 0.2) is 12.1 Å². The summed E-state index contributed by atoms with van der Waals surface area (Å²) in [4.78, 5) is 11.0. The molecule has 5 nitrogen and oxygen atoms in total. The highest BCUT2D eigenvalue weighted by Crippen LogP contribution is 2.21. The molecule has 0 radical (unpaired) electrons. The summed E-state index contributed by atoms with van der Waals surface area (Å²) in [6.45, 7) is 1.77. The van der Waals surface area contributed by atoms with E-state index in [0.29, 0.717) is 12.5 Å². The Morgan fingerprint density at radius 1 is 1.35 bits per heavy atom. The Morgan fingerprint density at radius 3 is 2.65 bits per heavy atom. The van der Waals surface area contributed by atoms with Gasteiger partial charge in [0.1, 0.15) is 11.5 Å². The Hall–Kier alpha value is -2.38. The number of nitrogens with zero attached hydrogens (tertiary/aromatic N) is 3. The van der Waals surface area contributed by atoms with E-state index < -0.39 is 29.1 Å². The molecule has 20 heavy (non-hydrogen) atoms. The maximum atomic E-state index is 13.7. The predicted octanol–water partition coefficient (Wildman–Crippen LogP) is 2.34. The zero-order chi connectivity index (χ0) is 14.9. The normalized spacial score (nSPS) is 10.8. The van der Waals surface area contributed by atoms with Crippen molar-refractivity contribution >= 4 is 5.97 Å². The molecule has 0 fully saturated rings. The lowest BCUT2D eigenvalue weighted by Gasteiger charge is -2.08. The van der Waals surface area contributed by atoms with Gasteiger partial charge in [-0.3, -0.25) is 0 Å². The Balaban J connectivity index is 2.67. The van der Waals surface area contributed by atoms with Crippen LogP contribution in [0.1, 0.15) is 29.5 Å². The second kappa shape index (κ2) is 5.32. The van der Waals surface area contributed by atoms with Crippen LogP contribution >= 0.6 is 0 Å². The van der Waals surface area contributed by atoms with Gasteiger partial charge in [0.15, 0.2) is 17.3 Å². The number of halogens is 3. The van der Waals surface area contributed by atoms with Crippen LogP contribution in [0.2, 0.25) is 0 Å². The topological polar surface area (TPSA) is 68.0 Å². The van der Waals surface area contributed by atoms with Gasteiger partial charge in [-0.25, -0.2) is 22.6 Å². The Morgan fingerprint density at radius 2 is 2.05 bits per heavy atom. The molecule has 1 aromatic carbocycles. The molecule has 1 heterocycles. The summed E-state index contributed by atoms with van der Waals surface area (Å²) in [5, 5.41) is 15.9. The van der Waals surface area contributed by atoms with E-state index in [4.69, 9.17) is 5.11 Å². The van der Waals surface area contributed by atoms with Gasteiger partial charge in [-0.15, -0.1) is 5.10 Å². The van der Waals surface area contributed by atoms with Crippen molar-refractivity contribution in [1.82, 2.24) is 15.0 Å². The first-order valence-electron chi connectivity index (χ1n) is 5.78. The number of hydrogen-bond acceptors (Lipinski definition) is 3. The molecule has 0 aliphatic carbocycles. The fourth-order valence-electron chi connectivity index (χ4n) is 1.82. The summed E-state index contributed by atoms with van der Waals surface area (Å²) in [5.74, 6) is -5.02. The van der Waals surface area contributed by atoms with E-state index in [9.17, 15) is 18.0 Å². The van der Waals surface area contributed by atoms with Crippen LogP contribution in [0.3, 0.4) is 0 Å². The number of aromatic carboxylic acids is 1. The molecule has 0 saturated heterocycles. The maximum Gasteiger partial charge on any atom is 0.358 e. The second-order valence-corrected chi connectivity index (χ2v) is 4.07. The Labute approximate surface area is 111 Å². The Kier molecular flexibility index (Phi) is 3.73. The van der Waals surface area contributed by atoms with Gasteiger partial charge < -0.3 is 5.11 Å². The van der Waals surface area contributed by atoms with Crippen LogP contribution < -0.4 is 0 Å². The summed E-state index contributed by atoms with van der Waals surface area (Å²) >= 11 is 0. The molecule has 0 bridgehead atoms. The van der Waals surface area contributed by atoms with Gasteiger partial charge in [-0.05, 0) is 6.42 Å². The highest BCUT2D eigenvalue weighted by Gasteiger charge is 2.22. The largest absolute Gasteiger partial charge is 0.476 e. The lowest BCUT2D eigenvalue weighted by molar-refractivity contribution is 0.0689. The molecule has 1 aromatic heterocycles. The SMILES string of the molecule is CCCc1c(C(=O)O)nnn1-c1cc(F)cc(F)c1F. The molecule has 106 valence electrons. The van der Waals surface area contributed by atoms with E-state index in [1.54, 1.807) is 6.92 Å². The monoisotopic (exact) mass is 285 g/mol. The lowest BCUT2D eigenvalue weighted by Crippen LogP contribution is -2.09. The molecule has 0 unspecified atom stereocenters. The first-order valence-corrected chi connectivity index (χ1v) is 5.78. The van der Waals surface area contributed by atoms with Gasteiger partial charge in [0.2, 0.25) is 0 Å². The van der Waals surface area contributed by atoms with E-state index >= 15 is 0 Å². The van der Waals surface area contributed by atoms with E-state index in [2.05, 4.69) is 10.3 Å². The molecule has 2 rings (SSSR count). The molecule has 0 aliphatic rings. The number of hydrogen-bond donors (Lipinski definition) is 1. The van der Waals surface area contributed by atoms with Gasteiger partial charge in [-0.1, -0.05) is 18.6 Å². The van der Waals surface area contributed by atoms with Gasteiger partial charge in [0.05, 0.1) is 5.69 Å². The molecule has 8 heteroatoms. The minimum Gasteiger partial charge on any atom is -0.476 e. The molecule has 0 spiro atoms. The molecule has 1 N–H and O–H groups in total. The zero-order valence-electron chi connectivity index (χ0n) is 10.4. The van der Waals surface area contributed by atoms with Gasteiger partial charge in [0.25, 0.3) is 0 Å². The van der Waals surface area contributed by atoms with Crippen molar-refractivity contribution in [3.05, 3.63) is 41.0 Å². The first-order chi connectivity index (χ1) is 9.45. The lowest BCUT2D eigenvalue weighted by atomic mass is 10.2. The quantitative estimate of drug-likeness (QED) is 0.875. The van der Waals surface area contributed by atoms with Gasteiger partial charge >= 0.3 is 5.97 Å². The molecule has 0 saturated carbocycles. The van der Waals surface area contributed by atoms with E-state index in [1.807, 2.05) is 0 Å². The first kappa shape index (κ1) is 14.0. The predicted molar refractivity (Wildman–Crippen MR) is 62.2 cm³/mol. The maximum absolute atomic E-state index is 13.7. The van der Waals surface area contributed by atoms with Crippen LogP contribution in [0.4, 0.5) is 13.2 Å². The number of carboxylic acid groups (broad SMARTS) is 1. The number of carbonyl (C=O) groups is 1. The fraction of sp³-hybridized carbons (Fsp3) is 0.250. The van der Waals surface area contributed by atoms with Crippen LogP contribution in [-0.2, 0) is 6.42 Å². The highest BCUT2D eigenvalue weighted by atomic mass is 19.2. The average Bonchev–Trinajstić information content (AvgIpc) is 2.78. The molecular weight excluding hydrogens is 275 g/mol. The van der Waals surface area contributed by atoms with Crippen molar-refractivity contribution in [1.29, 1.82) is 0 Å². The number of carboxylic acids is 1. The van der Waals surface area contributed by atoms with Crippen LogP contribution in [-0.4, -0.2) is 26.1 Å². The van der Waals surface area contributed by atoms with Crippen LogP contribution in [0, 0.1) is 17.5 Å². The zero-order valence-corrected chi connectivity index (χ0v) is 10.4. The molecule has 0 amide bonds. The summed E-state index contributed by atoms with van der Waals surface area (Å²) < 4.78 is 40.9. The summed E-state index contributed by atoms with van der Waals surface area (Å²) in [6.07, 6.45) is 0.763. The van der Waals surface area contributed by atoms with Gasteiger partial charge in [-0.2, -0.15) is 0 Å². The van der Waals surface area contributed by atoms with Crippen molar-refractivity contribution < 1.29 is 23.1 Å². The summed E-state index contributed by atoms with van der Waals surface area (Å²) in [7, 11) is 0. The highest BCUT2D eigenvalue weighted by molar-refractivity contribution is 5.86. The fourth-order valence-corrected chi connectivity index (χ4v) is 1.82. The van der Waals surface area contributed by atoms with E-state index in [0.717, 1.165) is 10.7 Å². The molecule has 2 aromatic rings. The number of rotatable bonds is 4. The summed E-state index contributed by atoms with van der Waals surface area (Å²) in [6, 6.07) is 1.13. The second-order valence-electron chi connectivity index (χ2n) is 4.07. The van der Waals surface area contributed by atoms with Crippen molar-refractivity contribution in [2.24, 2.45) is 0 Å². The smallest absolute Gasteiger partial charge is 0.358 e. The third kappa shape index (κ3) is 2.36. The minimum atomic E-state index is -1.38. The average molecular weight is 285 g/mol. The Bertz CT molecular complexity index is 670. The summed E-state index contributed by atoms with van der Waals surface area (Å²) in [5.41, 5.74) is -0.786. The number of benzene rings is 1. The standard InChI is InChI=1S/C12H10F3N3O2/c1-2-3-8-11(12(19)20)16-17-18(8)9-5-6(13)4-7(14)10(9)15/h4-5H,2-3H2,1H3,(H,19,20). The molecule has 0 aliphatic heterocycles. The van der Waals surface area contributed by atoms with Crippen LogP contribution in [0.25, 0.3) is 5.69 Å². The van der Waals surface area contributed by atoms with Crippen molar-refractivity contribution in [3.8, 4) is 5.69 Å². The third-order valence-corrected chi connectivity index (χ3v) is 2.65. The van der Waals surface area contributed by atoms with E-state index in [-0.39, 0.29) is 17.8 Å². The van der Waals surface area contributed by atoms with Crippen molar-refractivity contribution in [2.45, 2.75) is 19.8 Å². The molecule has 0 atom stereocenters. The number of aromatic nitrogens is 3. The van der Waals surface area contributed by atoms with Crippen LogP contribution in [0.5, 0.6) is 0 Å². The third-order valence-electron chi connectivity index (χ3n) is 2.65. The van der Waals surface area contributed by atoms with Crippen molar-refractivity contribution in [2.75, 3.05) is 0 Å². The molecular formula is C12H10F3N3O2. The minimum absolute atomic E-state index is 0.0869.